The van der Waals surface area contributed by atoms with Crippen LogP contribution >= 0.6 is 0 Å². The molecule has 7 heavy (non-hydrogen) atoms. The summed E-state index contributed by atoms with van der Waals surface area (Å²) in [7, 11) is 0. The maximum atomic E-state index is 7.16. The SMILES string of the molecule is [2H]c1cc([2H])cc(C)c1. The molecule has 0 unspecified atom stereocenters. The minimum atomic E-state index is 0.417. The molecule has 0 saturated carbocycles. The quantitative estimate of drug-likeness (QED) is 0.461. The van der Waals surface area contributed by atoms with Crippen molar-refractivity contribution < 1.29 is 2.74 Å². The van der Waals surface area contributed by atoms with Gasteiger partial charge in [0.1, 0.15) is 0 Å². The lowest BCUT2D eigenvalue weighted by Gasteiger charge is -1.82. The first-order valence-electron chi connectivity index (χ1n) is 3.23. The highest BCUT2D eigenvalue weighted by Crippen LogP contribution is 1.92. The number of hydrogen-bond acceptors (Lipinski definition) is 0. The van der Waals surface area contributed by atoms with Crippen molar-refractivity contribution in [3.05, 3.63) is 35.8 Å². The van der Waals surface area contributed by atoms with E-state index in [1.54, 1.807) is 12.1 Å². The second-order valence-corrected chi connectivity index (χ2v) is 1.51. The van der Waals surface area contributed by atoms with E-state index >= 15 is 0 Å². The molecule has 0 heterocycles. The summed E-state index contributed by atoms with van der Waals surface area (Å²) in [6.07, 6.45) is 0. The Morgan fingerprint density at radius 3 is 2.43 bits per heavy atom. The minimum Gasteiger partial charge on any atom is -0.0622 e. The molecule has 0 bridgehead atoms. The van der Waals surface area contributed by atoms with E-state index in [0.717, 1.165) is 5.56 Å². The second-order valence-electron chi connectivity index (χ2n) is 1.51. The molecule has 0 aromatic heterocycles. The van der Waals surface area contributed by atoms with Crippen molar-refractivity contribution in [2.75, 3.05) is 0 Å². The van der Waals surface area contributed by atoms with Gasteiger partial charge in [-0.2, -0.15) is 0 Å². The van der Waals surface area contributed by atoms with Gasteiger partial charge in [0.05, 0.1) is 2.74 Å². The monoisotopic (exact) mass is 94.1 g/mol. The third kappa shape index (κ3) is 1.04. The van der Waals surface area contributed by atoms with Gasteiger partial charge in [-0.15, -0.1) is 0 Å². The van der Waals surface area contributed by atoms with E-state index in [0.29, 0.717) is 12.1 Å². The van der Waals surface area contributed by atoms with Gasteiger partial charge in [0.15, 0.2) is 0 Å². The zero-order valence-corrected chi connectivity index (χ0v) is 4.23. The molecule has 0 aliphatic carbocycles. The molecule has 0 N–H and O–H groups in total. The van der Waals surface area contributed by atoms with E-state index in [1.165, 1.54) is 6.07 Å². The number of aryl methyl sites for hydroxylation is 1. The fraction of sp³-hybridized carbons (Fsp3) is 0.143. The molecule has 0 heteroatoms. The fourth-order valence-electron chi connectivity index (χ4n) is 0.436. The van der Waals surface area contributed by atoms with Gasteiger partial charge in [-0.1, -0.05) is 35.8 Å². The third-order valence-corrected chi connectivity index (χ3v) is 0.789. The molecule has 0 fully saturated rings. The molecule has 1 aromatic rings. The Balaban J connectivity index is 3.17. The first kappa shape index (κ1) is 2.51. The number of rotatable bonds is 0. The summed E-state index contributed by atoms with van der Waals surface area (Å²) < 4.78 is 14.3. The van der Waals surface area contributed by atoms with E-state index < -0.39 is 0 Å². The predicted molar refractivity (Wildman–Crippen MR) is 31.2 cm³/mol. The normalized spacial score (nSPS) is 12.7. The van der Waals surface area contributed by atoms with Crippen LogP contribution in [0, 0.1) is 6.92 Å². The molecule has 0 aliphatic rings. The molecule has 0 saturated heterocycles. The van der Waals surface area contributed by atoms with Crippen LogP contribution in [0.1, 0.15) is 8.30 Å². The first-order chi connectivity index (χ1) is 4.18. The summed E-state index contributed by atoms with van der Waals surface area (Å²) in [5.41, 5.74) is 0.979. The van der Waals surface area contributed by atoms with E-state index in [9.17, 15) is 0 Å². The van der Waals surface area contributed by atoms with Gasteiger partial charge >= 0.3 is 0 Å². The van der Waals surface area contributed by atoms with Crippen LogP contribution in [0.15, 0.2) is 30.3 Å². The molecular formula is C7H8. The third-order valence-electron chi connectivity index (χ3n) is 0.789. The van der Waals surface area contributed by atoms with E-state index in [1.807, 2.05) is 6.92 Å². The molecule has 0 radical (unpaired) electrons. The topological polar surface area (TPSA) is 0 Å². The smallest absolute Gasteiger partial charge is 0.0622 e. The highest BCUT2D eigenvalue weighted by atomic mass is 13.8. The van der Waals surface area contributed by atoms with Crippen LogP contribution in [0.4, 0.5) is 0 Å². The summed E-state index contributed by atoms with van der Waals surface area (Å²) in [5.74, 6) is 0. The van der Waals surface area contributed by atoms with Crippen LogP contribution in [0.2, 0.25) is 0 Å². The second kappa shape index (κ2) is 1.78. The van der Waals surface area contributed by atoms with Gasteiger partial charge in [0.2, 0.25) is 0 Å². The average Bonchev–Trinajstić information content (AvgIpc) is 1.59. The Bertz CT molecular complexity index is 168. The predicted octanol–water partition coefficient (Wildman–Crippen LogP) is 2.00. The largest absolute Gasteiger partial charge is 0.0623 e. The Labute approximate surface area is 46.6 Å². The molecule has 0 aliphatic heterocycles. The van der Waals surface area contributed by atoms with Crippen molar-refractivity contribution in [3.63, 3.8) is 0 Å². The van der Waals surface area contributed by atoms with Crippen LogP contribution in [0.25, 0.3) is 0 Å². The number of hydrogen-bond donors (Lipinski definition) is 0. The van der Waals surface area contributed by atoms with Crippen molar-refractivity contribution >= 4 is 0 Å². The molecule has 0 atom stereocenters. The summed E-state index contributed by atoms with van der Waals surface area (Å²) >= 11 is 0. The summed E-state index contributed by atoms with van der Waals surface area (Å²) in [6, 6.07) is 5.82. The Morgan fingerprint density at radius 2 is 2.00 bits per heavy atom. The van der Waals surface area contributed by atoms with Crippen molar-refractivity contribution in [1.82, 2.24) is 0 Å². The van der Waals surface area contributed by atoms with Gasteiger partial charge in [-0.05, 0) is 6.92 Å². The zero-order valence-electron chi connectivity index (χ0n) is 6.23. The summed E-state index contributed by atoms with van der Waals surface area (Å²) in [5, 5.41) is 0. The lowest BCUT2D eigenvalue weighted by atomic mass is 10.2. The maximum Gasteiger partial charge on any atom is 0.0623 e. The summed E-state index contributed by atoms with van der Waals surface area (Å²) in [6.45, 7) is 1.88. The van der Waals surface area contributed by atoms with Crippen molar-refractivity contribution in [2.24, 2.45) is 0 Å². The Morgan fingerprint density at radius 1 is 1.43 bits per heavy atom. The highest BCUT2D eigenvalue weighted by Gasteiger charge is 1.72. The zero-order chi connectivity index (χ0) is 6.85. The van der Waals surface area contributed by atoms with Gasteiger partial charge < -0.3 is 0 Å². The molecule has 36 valence electrons. The number of benzene rings is 1. The van der Waals surface area contributed by atoms with Crippen LogP contribution in [0.3, 0.4) is 0 Å². The lowest BCUT2D eigenvalue weighted by Crippen LogP contribution is -1.62. The Hall–Kier alpha value is -0.780. The van der Waals surface area contributed by atoms with Crippen LogP contribution in [0.5, 0.6) is 0 Å². The molecule has 1 aromatic carbocycles. The molecule has 0 amide bonds. The van der Waals surface area contributed by atoms with Crippen molar-refractivity contribution in [3.8, 4) is 0 Å². The molecule has 1 rings (SSSR count). The Kier molecular flexibility index (Phi) is 0.639. The van der Waals surface area contributed by atoms with E-state index in [-0.39, 0.29) is 0 Å². The molecule has 0 spiro atoms. The van der Waals surface area contributed by atoms with E-state index in [2.05, 4.69) is 0 Å². The average molecular weight is 94.2 g/mol. The first-order valence-corrected chi connectivity index (χ1v) is 2.23. The van der Waals surface area contributed by atoms with Crippen LogP contribution in [-0.4, -0.2) is 0 Å². The lowest BCUT2D eigenvalue weighted by molar-refractivity contribution is 1.48. The van der Waals surface area contributed by atoms with Gasteiger partial charge in [0.25, 0.3) is 0 Å². The fourth-order valence-corrected chi connectivity index (χ4v) is 0.436. The molecule has 0 nitrogen and oxygen atoms in total. The minimum absolute atomic E-state index is 0.417. The van der Waals surface area contributed by atoms with Crippen molar-refractivity contribution in [2.45, 2.75) is 6.92 Å². The maximum absolute atomic E-state index is 7.16. The highest BCUT2D eigenvalue weighted by molar-refractivity contribution is 5.11. The van der Waals surface area contributed by atoms with E-state index in [4.69, 9.17) is 2.74 Å². The van der Waals surface area contributed by atoms with Crippen LogP contribution < -0.4 is 0 Å². The summed E-state index contributed by atoms with van der Waals surface area (Å²) in [4.78, 5) is 0. The van der Waals surface area contributed by atoms with Gasteiger partial charge in [-0.25, -0.2) is 0 Å². The van der Waals surface area contributed by atoms with Crippen molar-refractivity contribution in [1.29, 1.82) is 0 Å². The van der Waals surface area contributed by atoms with Crippen LogP contribution in [-0.2, 0) is 0 Å². The van der Waals surface area contributed by atoms with Gasteiger partial charge in [0, 0.05) is 0 Å². The molecular weight excluding hydrogens is 84.1 g/mol. The standard InChI is InChI=1S/C7H8/c1-7-5-3-2-4-6-7/h2-6H,1H3/i3D,4D. The van der Waals surface area contributed by atoms with Gasteiger partial charge in [-0.3, -0.25) is 0 Å².